The van der Waals surface area contributed by atoms with Crippen LogP contribution in [0.15, 0.2) is 12.1 Å². The molecule has 0 amide bonds. The van der Waals surface area contributed by atoms with Crippen LogP contribution >= 0.6 is 34.2 Å². The fraction of sp³-hybridized carbons (Fsp3) is 0.111. The first kappa shape index (κ1) is 11.5. The number of carbonyl (C=O) groups is 2. The molecule has 5 heteroatoms. The van der Waals surface area contributed by atoms with Crippen LogP contribution in [0.1, 0.15) is 20.7 Å². The second kappa shape index (κ2) is 4.75. The first-order valence-corrected chi connectivity index (χ1v) is 5.08. The van der Waals surface area contributed by atoms with Gasteiger partial charge in [-0.1, -0.05) is 0 Å². The molecule has 0 saturated heterocycles. The van der Waals surface area contributed by atoms with Crippen molar-refractivity contribution in [3.05, 3.63) is 26.8 Å². The summed E-state index contributed by atoms with van der Waals surface area (Å²) in [6.45, 7) is 0. The van der Waals surface area contributed by atoms with Gasteiger partial charge in [0.25, 0.3) is 5.24 Å². The number of methoxy groups -OCH3 is 1. The number of halogens is 2. The fourth-order valence-electron chi connectivity index (χ4n) is 0.993. The second-order valence-corrected chi connectivity index (χ2v) is 3.97. The molecular weight excluding hydrogens is 318 g/mol. The van der Waals surface area contributed by atoms with Crippen LogP contribution in [0.4, 0.5) is 0 Å². The maximum atomic E-state index is 11.0. The van der Waals surface area contributed by atoms with Crippen LogP contribution in [0.25, 0.3) is 0 Å². The van der Waals surface area contributed by atoms with E-state index in [-0.39, 0.29) is 11.1 Å². The molecule has 0 N–H and O–H groups in total. The zero-order valence-electron chi connectivity index (χ0n) is 7.21. The molecule has 0 radical (unpaired) electrons. The van der Waals surface area contributed by atoms with Crippen molar-refractivity contribution in [2.45, 2.75) is 0 Å². The quantitative estimate of drug-likeness (QED) is 0.487. The zero-order chi connectivity index (χ0) is 10.7. The minimum Gasteiger partial charge on any atom is -0.496 e. The Labute approximate surface area is 99.5 Å². The van der Waals surface area contributed by atoms with Crippen LogP contribution in [0.3, 0.4) is 0 Å². The van der Waals surface area contributed by atoms with Gasteiger partial charge in [-0.2, -0.15) is 0 Å². The average molecular weight is 325 g/mol. The first-order valence-electron chi connectivity index (χ1n) is 3.62. The van der Waals surface area contributed by atoms with Gasteiger partial charge in [0.2, 0.25) is 0 Å². The van der Waals surface area contributed by atoms with Gasteiger partial charge in [0.05, 0.1) is 10.7 Å². The van der Waals surface area contributed by atoms with Gasteiger partial charge in [0.1, 0.15) is 5.75 Å². The first-order chi connectivity index (χ1) is 6.60. The summed E-state index contributed by atoms with van der Waals surface area (Å²) in [4.78, 5) is 21.6. The van der Waals surface area contributed by atoms with E-state index in [1.165, 1.54) is 13.2 Å². The summed E-state index contributed by atoms with van der Waals surface area (Å²) in [6, 6.07) is 3.02. The lowest BCUT2D eigenvalue weighted by Gasteiger charge is -2.06. The Morgan fingerprint density at radius 2 is 2.21 bits per heavy atom. The number of aldehydes is 1. The maximum absolute atomic E-state index is 11.0. The SMILES string of the molecule is COc1cc(C(=O)Cl)c(C=O)cc1I. The van der Waals surface area contributed by atoms with E-state index in [9.17, 15) is 9.59 Å². The molecule has 0 aromatic heterocycles. The summed E-state index contributed by atoms with van der Waals surface area (Å²) >= 11 is 7.32. The number of ether oxygens (including phenoxy) is 1. The number of benzene rings is 1. The van der Waals surface area contributed by atoms with Crippen molar-refractivity contribution >= 4 is 45.7 Å². The van der Waals surface area contributed by atoms with E-state index in [2.05, 4.69) is 0 Å². The largest absolute Gasteiger partial charge is 0.496 e. The third kappa shape index (κ3) is 2.24. The van der Waals surface area contributed by atoms with E-state index in [1.807, 2.05) is 22.6 Å². The van der Waals surface area contributed by atoms with Crippen LogP contribution in [-0.4, -0.2) is 18.6 Å². The molecule has 0 saturated carbocycles. The molecule has 1 aromatic rings. The molecule has 0 unspecified atom stereocenters. The van der Waals surface area contributed by atoms with E-state index in [4.69, 9.17) is 16.3 Å². The van der Waals surface area contributed by atoms with Crippen LogP contribution < -0.4 is 4.74 Å². The van der Waals surface area contributed by atoms with Gasteiger partial charge in [0, 0.05) is 11.1 Å². The molecule has 74 valence electrons. The molecule has 0 spiro atoms. The molecule has 1 aromatic carbocycles. The molecule has 0 aliphatic rings. The van der Waals surface area contributed by atoms with Crippen molar-refractivity contribution in [3.8, 4) is 5.75 Å². The fourth-order valence-corrected chi connectivity index (χ4v) is 1.87. The van der Waals surface area contributed by atoms with Gasteiger partial charge in [-0.15, -0.1) is 0 Å². The summed E-state index contributed by atoms with van der Waals surface area (Å²) in [6.07, 6.45) is 0.594. The van der Waals surface area contributed by atoms with E-state index < -0.39 is 5.24 Å². The van der Waals surface area contributed by atoms with Crippen molar-refractivity contribution in [1.29, 1.82) is 0 Å². The van der Waals surface area contributed by atoms with Gasteiger partial charge in [-0.3, -0.25) is 9.59 Å². The van der Waals surface area contributed by atoms with Crippen molar-refractivity contribution in [1.82, 2.24) is 0 Å². The van der Waals surface area contributed by atoms with Crippen molar-refractivity contribution < 1.29 is 14.3 Å². The Morgan fingerprint density at radius 3 is 2.64 bits per heavy atom. The Kier molecular flexibility index (Phi) is 3.88. The molecule has 14 heavy (non-hydrogen) atoms. The highest BCUT2D eigenvalue weighted by Crippen LogP contribution is 2.25. The summed E-state index contributed by atoms with van der Waals surface area (Å²) in [5.74, 6) is 0.528. The van der Waals surface area contributed by atoms with Gasteiger partial charge in [0.15, 0.2) is 6.29 Å². The van der Waals surface area contributed by atoms with Crippen molar-refractivity contribution in [2.24, 2.45) is 0 Å². The molecule has 0 heterocycles. The van der Waals surface area contributed by atoms with Gasteiger partial charge in [-0.05, 0) is 46.3 Å². The number of hydrogen-bond acceptors (Lipinski definition) is 3. The smallest absolute Gasteiger partial charge is 0.253 e. The lowest BCUT2D eigenvalue weighted by atomic mass is 10.1. The minimum atomic E-state index is -0.665. The third-order valence-electron chi connectivity index (χ3n) is 1.66. The molecule has 0 bridgehead atoms. The summed E-state index contributed by atoms with van der Waals surface area (Å²) in [5.41, 5.74) is 0.439. The number of carbonyl (C=O) groups excluding carboxylic acids is 2. The molecule has 3 nitrogen and oxygen atoms in total. The highest BCUT2D eigenvalue weighted by atomic mass is 127. The van der Waals surface area contributed by atoms with Gasteiger partial charge in [-0.25, -0.2) is 0 Å². The number of hydrogen-bond donors (Lipinski definition) is 0. The normalized spacial score (nSPS) is 9.64. The van der Waals surface area contributed by atoms with Gasteiger partial charge >= 0.3 is 0 Å². The molecule has 0 fully saturated rings. The predicted octanol–water partition coefficient (Wildman–Crippen LogP) is 2.49. The summed E-state index contributed by atoms with van der Waals surface area (Å²) in [5, 5.41) is -0.665. The van der Waals surface area contributed by atoms with Gasteiger partial charge < -0.3 is 4.74 Å². The van der Waals surface area contributed by atoms with Crippen molar-refractivity contribution in [3.63, 3.8) is 0 Å². The Bertz CT molecular complexity index is 390. The Balaban J connectivity index is 3.39. The zero-order valence-corrected chi connectivity index (χ0v) is 10.1. The molecule has 0 aliphatic carbocycles. The third-order valence-corrected chi connectivity index (χ3v) is 2.71. The standard InChI is InChI=1S/C9H6ClIO3/c1-14-8-3-6(9(10)13)5(4-12)2-7(8)11/h2-4H,1H3. The topological polar surface area (TPSA) is 43.4 Å². The van der Waals surface area contributed by atoms with Crippen LogP contribution in [-0.2, 0) is 0 Å². The molecular formula is C9H6ClIO3. The minimum absolute atomic E-state index is 0.166. The highest BCUT2D eigenvalue weighted by molar-refractivity contribution is 14.1. The van der Waals surface area contributed by atoms with Crippen molar-refractivity contribution in [2.75, 3.05) is 7.11 Å². The highest BCUT2D eigenvalue weighted by Gasteiger charge is 2.12. The average Bonchev–Trinajstić information content (AvgIpc) is 2.16. The molecule has 1 rings (SSSR count). The van der Waals surface area contributed by atoms with Crippen LogP contribution in [0.2, 0.25) is 0 Å². The lowest BCUT2D eigenvalue weighted by Crippen LogP contribution is -1.99. The van der Waals surface area contributed by atoms with E-state index in [0.717, 1.165) is 3.57 Å². The molecule has 0 aliphatic heterocycles. The Hall–Kier alpha value is -0.620. The predicted molar refractivity (Wildman–Crippen MR) is 61.3 cm³/mol. The second-order valence-electron chi connectivity index (χ2n) is 2.47. The van der Waals surface area contributed by atoms with E-state index in [1.54, 1.807) is 6.07 Å². The van der Waals surface area contributed by atoms with E-state index in [0.29, 0.717) is 12.0 Å². The maximum Gasteiger partial charge on any atom is 0.253 e. The summed E-state index contributed by atoms with van der Waals surface area (Å²) < 4.78 is 5.76. The van der Waals surface area contributed by atoms with Crippen LogP contribution in [0, 0.1) is 3.57 Å². The van der Waals surface area contributed by atoms with Crippen LogP contribution in [0.5, 0.6) is 5.75 Å². The lowest BCUT2D eigenvalue weighted by molar-refractivity contribution is 0.106. The number of rotatable bonds is 3. The summed E-state index contributed by atoms with van der Waals surface area (Å²) in [7, 11) is 1.49. The monoisotopic (exact) mass is 324 g/mol. The molecule has 0 atom stereocenters. The Morgan fingerprint density at radius 1 is 1.57 bits per heavy atom. The van der Waals surface area contributed by atoms with E-state index >= 15 is 0 Å².